The number of hydrogen-bond donors (Lipinski definition) is 2. The summed E-state index contributed by atoms with van der Waals surface area (Å²) in [6.07, 6.45) is 0.834. The van der Waals surface area contributed by atoms with E-state index in [9.17, 15) is 19.2 Å². The zero-order valence-electron chi connectivity index (χ0n) is 20.0. The molecule has 7 rings (SSSR count). The van der Waals surface area contributed by atoms with Gasteiger partial charge < -0.3 is 10.3 Å². The number of amides is 3. The van der Waals surface area contributed by atoms with Crippen molar-refractivity contribution in [1.82, 2.24) is 9.88 Å². The second-order valence-corrected chi connectivity index (χ2v) is 12.8. The van der Waals surface area contributed by atoms with Crippen molar-refractivity contribution in [3.63, 3.8) is 0 Å². The highest BCUT2D eigenvalue weighted by Gasteiger charge is 2.69. The lowest BCUT2D eigenvalue weighted by Crippen LogP contribution is -2.42. The molecule has 1 saturated heterocycles. The van der Waals surface area contributed by atoms with Gasteiger partial charge in [-0.15, -0.1) is 11.8 Å². The van der Waals surface area contributed by atoms with Crippen molar-refractivity contribution in [3.05, 3.63) is 80.3 Å². The third-order valence-electron chi connectivity index (χ3n) is 8.61. The Morgan fingerprint density at radius 3 is 2.43 bits per heavy atom. The van der Waals surface area contributed by atoms with Crippen molar-refractivity contribution in [2.24, 2.45) is 29.6 Å². The SMILES string of the molecule is Cc1ccc(NC(=O)CN2C(=O)C3C4CC(C3C2=O)C2C(c3ccccc3)c3sc(=O)[nH]c3SC42)cc1. The predicted molar refractivity (Wildman–Crippen MR) is 141 cm³/mol. The number of carbonyl (C=O) groups is 3. The Bertz CT molecular complexity index is 1480. The van der Waals surface area contributed by atoms with Crippen LogP contribution in [0.1, 0.15) is 28.3 Å². The van der Waals surface area contributed by atoms with Crippen LogP contribution in [0.25, 0.3) is 0 Å². The number of nitrogens with one attached hydrogen (secondary N) is 2. The fourth-order valence-corrected chi connectivity index (χ4v) is 10.1. The highest BCUT2D eigenvalue weighted by Crippen LogP contribution is 2.68. The van der Waals surface area contributed by atoms with Crippen molar-refractivity contribution in [3.8, 4) is 0 Å². The second-order valence-electron chi connectivity index (χ2n) is 10.5. The van der Waals surface area contributed by atoms with Gasteiger partial charge in [0.05, 0.1) is 16.9 Å². The average Bonchev–Trinajstić information content (AvgIpc) is 3.62. The molecule has 7 atom stereocenters. The summed E-state index contributed by atoms with van der Waals surface area (Å²) in [5, 5.41) is 3.86. The van der Waals surface area contributed by atoms with Gasteiger partial charge in [-0.3, -0.25) is 24.1 Å². The van der Waals surface area contributed by atoms with E-state index in [2.05, 4.69) is 22.4 Å². The first kappa shape index (κ1) is 23.0. The molecule has 1 aromatic heterocycles. The molecule has 3 heterocycles. The first-order chi connectivity index (χ1) is 17.9. The van der Waals surface area contributed by atoms with E-state index in [4.69, 9.17) is 0 Å². The number of imide groups is 1. The Labute approximate surface area is 221 Å². The number of thioether (sulfide) groups is 1. The van der Waals surface area contributed by atoms with Crippen LogP contribution in [-0.2, 0) is 14.4 Å². The number of nitrogens with zero attached hydrogens (tertiary/aromatic N) is 1. The van der Waals surface area contributed by atoms with Gasteiger partial charge in [-0.05, 0) is 48.8 Å². The summed E-state index contributed by atoms with van der Waals surface area (Å²) < 4.78 is 0. The molecule has 2 aromatic carbocycles. The number of fused-ring (bicyclic) bond motifs is 9. The molecule has 4 aliphatic rings. The van der Waals surface area contributed by atoms with Crippen LogP contribution in [0.2, 0.25) is 0 Å². The van der Waals surface area contributed by atoms with E-state index in [0.29, 0.717) is 5.69 Å². The smallest absolute Gasteiger partial charge is 0.305 e. The van der Waals surface area contributed by atoms with E-state index in [1.54, 1.807) is 11.8 Å². The van der Waals surface area contributed by atoms with Gasteiger partial charge in [0.15, 0.2) is 0 Å². The number of likely N-dealkylation sites (tertiary alicyclic amines) is 1. The van der Waals surface area contributed by atoms with Crippen molar-refractivity contribution < 1.29 is 14.4 Å². The summed E-state index contributed by atoms with van der Waals surface area (Å²) in [7, 11) is 0. The molecule has 2 bridgehead atoms. The maximum atomic E-state index is 13.7. The molecule has 2 aliphatic carbocycles. The summed E-state index contributed by atoms with van der Waals surface area (Å²) >= 11 is 2.93. The van der Waals surface area contributed by atoms with E-state index in [-0.39, 0.29) is 64.0 Å². The first-order valence-corrected chi connectivity index (χ1v) is 14.3. The molecule has 3 fully saturated rings. The number of benzene rings is 2. The lowest BCUT2D eigenvalue weighted by atomic mass is 9.68. The minimum atomic E-state index is -0.394. The summed E-state index contributed by atoms with van der Waals surface area (Å²) in [4.78, 5) is 57.5. The minimum absolute atomic E-state index is 0.0177. The zero-order valence-corrected chi connectivity index (χ0v) is 21.7. The summed E-state index contributed by atoms with van der Waals surface area (Å²) in [6.45, 7) is 1.71. The minimum Gasteiger partial charge on any atom is -0.325 e. The summed E-state index contributed by atoms with van der Waals surface area (Å²) in [5.74, 6) is -1.31. The van der Waals surface area contributed by atoms with Gasteiger partial charge in [0, 0.05) is 21.7 Å². The number of aromatic amines is 1. The largest absolute Gasteiger partial charge is 0.325 e. The second kappa shape index (κ2) is 8.43. The normalized spacial score (nSPS) is 31.3. The Morgan fingerprint density at radius 1 is 1.00 bits per heavy atom. The molecule has 37 heavy (non-hydrogen) atoms. The van der Waals surface area contributed by atoms with Crippen LogP contribution in [0.5, 0.6) is 0 Å². The lowest BCUT2D eigenvalue weighted by Gasteiger charge is -2.43. The molecule has 0 spiro atoms. The lowest BCUT2D eigenvalue weighted by molar-refractivity contribution is -0.143. The Hall–Kier alpha value is -3.17. The highest BCUT2D eigenvalue weighted by molar-refractivity contribution is 8.00. The fraction of sp³-hybridized carbons (Fsp3) is 0.357. The summed E-state index contributed by atoms with van der Waals surface area (Å²) in [6, 6.07) is 17.6. The molecular weight excluding hydrogens is 506 g/mol. The molecule has 188 valence electrons. The van der Waals surface area contributed by atoms with Gasteiger partial charge in [-0.25, -0.2) is 0 Å². The van der Waals surface area contributed by atoms with Crippen molar-refractivity contribution >= 4 is 46.5 Å². The van der Waals surface area contributed by atoms with E-state index in [0.717, 1.165) is 27.5 Å². The number of thiazole rings is 1. The van der Waals surface area contributed by atoms with Gasteiger partial charge in [-0.1, -0.05) is 59.4 Å². The maximum absolute atomic E-state index is 13.7. The predicted octanol–water partition coefficient (Wildman–Crippen LogP) is 3.86. The van der Waals surface area contributed by atoms with Gasteiger partial charge in [0.1, 0.15) is 6.54 Å². The van der Waals surface area contributed by atoms with E-state index in [1.807, 2.05) is 49.4 Å². The molecule has 0 radical (unpaired) electrons. The van der Waals surface area contributed by atoms with Gasteiger partial charge in [0.2, 0.25) is 17.7 Å². The quantitative estimate of drug-likeness (QED) is 0.498. The number of hydrogen-bond acceptors (Lipinski definition) is 6. The van der Waals surface area contributed by atoms with E-state index >= 15 is 0 Å². The van der Waals surface area contributed by atoms with E-state index in [1.165, 1.54) is 16.2 Å². The van der Waals surface area contributed by atoms with Crippen LogP contribution < -0.4 is 10.2 Å². The molecule has 7 nitrogen and oxygen atoms in total. The van der Waals surface area contributed by atoms with Crippen LogP contribution in [0.15, 0.2) is 64.4 Å². The van der Waals surface area contributed by atoms with Crippen molar-refractivity contribution in [2.45, 2.75) is 29.5 Å². The van der Waals surface area contributed by atoms with Crippen LogP contribution in [0.4, 0.5) is 5.69 Å². The number of anilines is 1. The summed E-state index contributed by atoms with van der Waals surface area (Å²) in [5.41, 5.74) is 2.87. The van der Waals surface area contributed by atoms with Gasteiger partial charge >= 0.3 is 4.87 Å². The third-order valence-corrected chi connectivity index (χ3v) is 11.2. The number of carbonyl (C=O) groups excluding carboxylic acids is 3. The van der Waals surface area contributed by atoms with E-state index < -0.39 is 5.92 Å². The topological polar surface area (TPSA) is 99.3 Å². The Balaban J connectivity index is 1.18. The number of aromatic nitrogens is 1. The van der Waals surface area contributed by atoms with Crippen LogP contribution >= 0.6 is 23.1 Å². The number of H-pyrrole nitrogens is 1. The number of aryl methyl sites for hydroxylation is 1. The average molecular weight is 532 g/mol. The van der Waals surface area contributed by atoms with Crippen LogP contribution in [-0.4, -0.2) is 39.4 Å². The van der Waals surface area contributed by atoms with Gasteiger partial charge in [-0.2, -0.15) is 0 Å². The standard InChI is InChI=1S/C28H25N3O4S2/c1-13-7-9-15(10-8-13)29-18(32)12-31-26(33)21-16-11-17(22(21)27(31)34)23-20(16)19(14-5-3-2-4-6-14)24-25(36-23)30-28(35)37-24/h2-10,16-17,19-23H,11-12H2,1H3,(H,29,32)(H,30,35). The maximum Gasteiger partial charge on any atom is 0.305 e. The molecule has 3 aromatic rings. The molecule has 2 aliphatic heterocycles. The molecule has 2 N–H and O–H groups in total. The monoisotopic (exact) mass is 531 g/mol. The van der Waals surface area contributed by atoms with Crippen molar-refractivity contribution in [1.29, 1.82) is 0 Å². The third kappa shape index (κ3) is 3.47. The Kier molecular flexibility index (Phi) is 5.23. The zero-order chi connectivity index (χ0) is 25.4. The van der Waals surface area contributed by atoms with Crippen LogP contribution in [0, 0.1) is 36.5 Å². The molecule has 9 heteroatoms. The molecular formula is C28H25N3O4S2. The molecule has 2 saturated carbocycles. The number of rotatable bonds is 4. The van der Waals surface area contributed by atoms with Gasteiger partial charge in [0.25, 0.3) is 0 Å². The first-order valence-electron chi connectivity index (χ1n) is 12.6. The highest BCUT2D eigenvalue weighted by atomic mass is 32.2. The van der Waals surface area contributed by atoms with Crippen molar-refractivity contribution in [2.75, 3.05) is 11.9 Å². The Morgan fingerprint density at radius 2 is 1.70 bits per heavy atom. The molecule has 3 amide bonds. The fourth-order valence-electron chi connectivity index (χ4n) is 7.25. The van der Waals surface area contributed by atoms with Crippen LogP contribution in [0.3, 0.4) is 0 Å². The molecule has 7 unspecified atom stereocenters.